The molecule has 2 aliphatic rings. The predicted octanol–water partition coefficient (Wildman–Crippen LogP) is 3.83. The molecule has 0 spiro atoms. The summed E-state index contributed by atoms with van der Waals surface area (Å²) in [6.07, 6.45) is 1.53. The van der Waals surface area contributed by atoms with Crippen LogP contribution in [0.25, 0.3) is 11.1 Å². The number of aliphatic hydroxyl groups is 1. The number of carbonyl (C=O) groups excluding carboxylic acids is 1. The van der Waals surface area contributed by atoms with E-state index in [1.807, 2.05) is 31.2 Å². The zero-order valence-electron chi connectivity index (χ0n) is 14.4. The maximum absolute atomic E-state index is 12.1. The van der Waals surface area contributed by atoms with E-state index in [1.54, 1.807) is 0 Å². The minimum atomic E-state index is -0.610. The molecule has 2 aliphatic carbocycles. The standard InChI is InChI=1S/C21H23NO3/c1-2-21(24)11-14(12-21)22-20(23)25-13-19-17-9-5-3-7-15(17)16-8-4-6-10-18(16)19/h3-10,14,19,24H,2,11-13H2,1H3,(H,22,23). The van der Waals surface area contributed by atoms with Crippen LogP contribution in [0.15, 0.2) is 48.5 Å². The third-order valence-corrected chi connectivity index (χ3v) is 5.58. The molecular formula is C21H23NO3. The van der Waals surface area contributed by atoms with Crippen LogP contribution in [-0.4, -0.2) is 29.4 Å². The first-order valence-electron chi connectivity index (χ1n) is 8.93. The van der Waals surface area contributed by atoms with E-state index in [-0.39, 0.29) is 12.0 Å². The second kappa shape index (κ2) is 6.19. The Morgan fingerprint density at radius 2 is 1.68 bits per heavy atom. The van der Waals surface area contributed by atoms with Gasteiger partial charge in [0.25, 0.3) is 0 Å². The van der Waals surface area contributed by atoms with Crippen LogP contribution in [0.1, 0.15) is 43.2 Å². The Balaban J connectivity index is 1.41. The van der Waals surface area contributed by atoms with Crippen LogP contribution in [0.5, 0.6) is 0 Å². The lowest BCUT2D eigenvalue weighted by molar-refractivity contribution is -0.0572. The van der Waals surface area contributed by atoms with Gasteiger partial charge in [0.2, 0.25) is 0 Å². The summed E-state index contributed by atoms with van der Waals surface area (Å²) in [6.45, 7) is 2.29. The Morgan fingerprint density at radius 1 is 1.12 bits per heavy atom. The van der Waals surface area contributed by atoms with Crippen molar-refractivity contribution in [1.29, 1.82) is 0 Å². The second-order valence-electron chi connectivity index (χ2n) is 7.15. The van der Waals surface area contributed by atoms with Crippen LogP contribution in [-0.2, 0) is 4.74 Å². The van der Waals surface area contributed by atoms with Crippen molar-refractivity contribution >= 4 is 6.09 Å². The largest absolute Gasteiger partial charge is 0.449 e. The van der Waals surface area contributed by atoms with Crippen LogP contribution in [0, 0.1) is 0 Å². The number of rotatable bonds is 4. The van der Waals surface area contributed by atoms with Crippen molar-refractivity contribution in [3.05, 3.63) is 59.7 Å². The summed E-state index contributed by atoms with van der Waals surface area (Å²) in [5, 5.41) is 12.9. The van der Waals surface area contributed by atoms with Gasteiger partial charge >= 0.3 is 6.09 Å². The zero-order valence-corrected chi connectivity index (χ0v) is 14.4. The molecule has 130 valence electrons. The van der Waals surface area contributed by atoms with Crippen molar-refractivity contribution in [3.8, 4) is 11.1 Å². The zero-order chi connectivity index (χ0) is 17.4. The normalized spacial score (nSPS) is 24.2. The van der Waals surface area contributed by atoms with Crippen molar-refractivity contribution in [1.82, 2.24) is 5.32 Å². The summed E-state index contributed by atoms with van der Waals surface area (Å²) >= 11 is 0. The summed E-state index contributed by atoms with van der Waals surface area (Å²) in [4.78, 5) is 12.1. The quantitative estimate of drug-likeness (QED) is 0.891. The number of fused-ring (bicyclic) bond motifs is 3. The highest BCUT2D eigenvalue weighted by atomic mass is 16.5. The molecule has 1 amide bonds. The van der Waals surface area contributed by atoms with Crippen molar-refractivity contribution in [2.75, 3.05) is 6.61 Å². The Labute approximate surface area is 147 Å². The maximum Gasteiger partial charge on any atom is 0.407 e. The molecule has 4 heteroatoms. The van der Waals surface area contributed by atoms with E-state index in [0.29, 0.717) is 19.4 Å². The minimum Gasteiger partial charge on any atom is -0.449 e. The summed E-state index contributed by atoms with van der Waals surface area (Å²) in [7, 11) is 0. The van der Waals surface area contributed by atoms with Crippen molar-refractivity contribution in [3.63, 3.8) is 0 Å². The molecule has 4 nitrogen and oxygen atoms in total. The SMILES string of the molecule is CCC1(O)CC(NC(=O)OCC2c3ccccc3-c3ccccc32)C1. The highest BCUT2D eigenvalue weighted by Gasteiger charge is 2.42. The summed E-state index contributed by atoms with van der Waals surface area (Å²) in [5.41, 5.74) is 4.25. The number of ether oxygens (including phenoxy) is 1. The van der Waals surface area contributed by atoms with E-state index in [4.69, 9.17) is 4.74 Å². The van der Waals surface area contributed by atoms with Gasteiger partial charge in [-0.25, -0.2) is 4.79 Å². The van der Waals surface area contributed by atoms with E-state index in [0.717, 1.165) is 6.42 Å². The lowest BCUT2D eigenvalue weighted by atomic mass is 9.74. The van der Waals surface area contributed by atoms with Crippen LogP contribution in [0.4, 0.5) is 4.79 Å². The second-order valence-corrected chi connectivity index (χ2v) is 7.15. The fraction of sp³-hybridized carbons (Fsp3) is 0.381. The number of amides is 1. The molecule has 0 unspecified atom stereocenters. The molecule has 1 fully saturated rings. The van der Waals surface area contributed by atoms with E-state index in [9.17, 15) is 9.90 Å². The smallest absolute Gasteiger partial charge is 0.407 e. The molecule has 0 saturated heterocycles. The van der Waals surface area contributed by atoms with E-state index in [2.05, 4.69) is 29.6 Å². The van der Waals surface area contributed by atoms with Gasteiger partial charge in [-0.05, 0) is 41.5 Å². The Kier molecular flexibility index (Phi) is 4.00. The first-order valence-corrected chi connectivity index (χ1v) is 8.93. The highest BCUT2D eigenvalue weighted by Crippen LogP contribution is 2.44. The monoisotopic (exact) mass is 337 g/mol. The topological polar surface area (TPSA) is 58.6 Å². The summed E-state index contributed by atoms with van der Waals surface area (Å²) < 4.78 is 5.52. The van der Waals surface area contributed by atoms with Crippen LogP contribution < -0.4 is 5.32 Å². The molecule has 0 heterocycles. The predicted molar refractivity (Wildman–Crippen MR) is 96.5 cm³/mol. The fourth-order valence-corrected chi connectivity index (χ4v) is 4.06. The van der Waals surface area contributed by atoms with E-state index >= 15 is 0 Å². The number of benzene rings is 2. The lowest BCUT2D eigenvalue weighted by Crippen LogP contribution is -2.54. The molecule has 0 radical (unpaired) electrons. The van der Waals surface area contributed by atoms with Crippen molar-refractivity contribution in [2.24, 2.45) is 0 Å². The van der Waals surface area contributed by atoms with Crippen molar-refractivity contribution < 1.29 is 14.6 Å². The Hall–Kier alpha value is -2.33. The molecule has 2 aromatic carbocycles. The van der Waals surface area contributed by atoms with Gasteiger partial charge in [-0.15, -0.1) is 0 Å². The van der Waals surface area contributed by atoms with Crippen LogP contribution >= 0.6 is 0 Å². The summed E-state index contributed by atoms with van der Waals surface area (Å²) in [6, 6.07) is 16.6. The molecule has 25 heavy (non-hydrogen) atoms. The minimum absolute atomic E-state index is 0.0144. The average molecular weight is 337 g/mol. The Bertz CT molecular complexity index is 750. The third-order valence-electron chi connectivity index (χ3n) is 5.58. The highest BCUT2D eigenvalue weighted by molar-refractivity contribution is 5.79. The van der Waals surface area contributed by atoms with Gasteiger partial charge in [-0.2, -0.15) is 0 Å². The number of alkyl carbamates (subject to hydrolysis) is 1. The fourth-order valence-electron chi connectivity index (χ4n) is 4.06. The summed E-state index contributed by atoms with van der Waals surface area (Å²) in [5.74, 6) is 0.0760. The first kappa shape index (κ1) is 16.2. The van der Waals surface area contributed by atoms with Crippen LogP contribution in [0.2, 0.25) is 0 Å². The Morgan fingerprint density at radius 3 is 2.24 bits per heavy atom. The van der Waals surface area contributed by atoms with Gasteiger partial charge in [0, 0.05) is 12.0 Å². The van der Waals surface area contributed by atoms with Crippen molar-refractivity contribution in [2.45, 2.75) is 43.7 Å². The maximum atomic E-state index is 12.1. The van der Waals surface area contributed by atoms with E-state index in [1.165, 1.54) is 22.3 Å². The number of hydrogen-bond acceptors (Lipinski definition) is 3. The number of carbonyl (C=O) groups is 1. The van der Waals surface area contributed by atoms with Crippen LogP contribution in [0.3, 0.4) is 0 Å². The molecule has 1 saturated carbocycles. The third kappa shape index (κ3) is 2.91. The first-order chi connectivity index (χ1) is 12.1. The molecule has 0 aliphatic heterocycles. The van der Waals surface area contributed by atoms with Gasteiger partial charge in [0.15, 0.2) is 0 Å². The molecule has 0 atom stereocenters. The molecule has 2 aromatic rings. The van der Waals surface area contributed by atoms with Gasteiger partial charge < -0.3 is 15.2 Å². The van der Waals surface area contributed by atoms with Gasteiger partial charge in [0.1, 0.15) is 6.61 Å². The average Bonchev–Trinajstić information content (AvgIpc) is 2.92. The van der Waals surface area contributed by atoms with Gasteiger partial charge in [0.05, 0.1) is 5.60 Å². The molecular weight excluding hydrogens is 314 g/mol. The lowest BCUT2D eigenvalue weighted by Gasteiger charge is -2.43. The molecule has 2 N–H and O–H groups in total. The molecule has 4 rings (SSSR count). The van der Waals surface area contributed by atoms with Gasteiger partial charge in [-0.3, -0.25) is 0 Å². The molecule has 0 bridgehead atoms. The number of nitrogens with one attached hydrogen (secondary N) is 1. The van der Waals surface area contributed by atoms with Gasteiger partial charge in [-0.1, -0.05) is 55.5 Å². The van der Waals surface area contributed by atoms with E-state index < -0.39 is 11.7 Å². The molecule has 0 aromatic heterocycles. The number of hydrogen-bond donors (Lipinski definition) is 2.